The van der Waals surface area contributed by atoms with Crippen molar-refractivity contribution in [3.63, 3.8) is 0 Å². The van der Waals surface area contributed by atoms with Crippen molar-refractivity contribution in [2.75, 3.05) is 0 Å². The maximum Gasteiger partial charge on any atom is 0.0940 e. The van der Waals surface area contributed by atoms with Gasteiger partial charge in [-0.15, -0.1) is 34.0 Å². The maximum absolute atomic E-state index is 5.93. The summed E-state index contributed by atoms with van der Waals surface area (Å²) in [6.07, 6.45) is 0. The van der Waals surface area contributed by atoms with Crippen LogP contribution in [0.3, 0.4) is 0 Å². The van der Waals surface area contributed by atoms with Crippen molar-refractivity contribution in [1.82, 2.24) is 0 Å². The summed E-state index contributed by atoms with van der Waals surface area (Å²) in [4.78, 5) is 0. The first kappa shape index (κ1) is 14.3. The van der Waals surface area contributed by atoms with Gasteiger partial charge in [-0.25, -0.2) is 0 Å². The second-order valence-electron chi connectivity index (χ2n) is 3.39. The summed E-state index contributed by atoms with van der Waals surface area (Å²) in [6.45, 7) is 0. The third-order valence-electron chi connectivity index (χ3n) is 2.06. The molecule has 0 aromatic carbocycles. The molecule has 3 heterocycles. The van der Waals surface area contributed by atoms with E-state index in [-0.39, 0.29) is 0 Å². The standard InChI is InChI=1S/C12H6Cl2S5/c13-7-1-3-9(15-7)17-11-5-6-12(19-11)18-10-4-2-8(14)16-10/h1-6H. The van der Waals surface area contributed by atoms with Crippen molar-refractivity contribution in [1.29, 1.82) is 0 Å². The van der Waals surface area contributed by atoms with Gasteiger partial charge >= 0.3 is 0 Å². The molecule has 0 nitrogen and oxygen atoms in total. The Balaban J connectivity index is 1.69. The zero-order valence-electron chi connectivity index (χ0n) is 9.26. The molecule has 0 bridgehead atoms. The highest BCUT2D eigenvalue weighted by Gasteiger charge is 2.07. The molecule has 19 heavy (non-hydrogen) atoms. The third-order valence-corrected chi connectivity index (χ3v) is 8.13. The molecule has 0 aliphatic carbocycles. The number of hydrogen-bond donors (Lipinski definition) is 0. The number of hydrogen-bond acceptors (Lipinski definition) is 5. The Morgan fingerprint density at radius 2 is 0.947 bits per heavy atom. The van der Waals surface area contributed by atoms with Crippen LogP contribution in [-0.4, -0.2) is 0 Å². The molecule has 0 aliphatic heterocycles. The molecule has 0 unspecified atom stereocenters. The Morgan fingerprint density at radius 3 is 1.32 bits per heavy atom. The molecular formula is C12H6Cl2S5. The van der Waals surface area contributed by atoms with Gasteiger partial charge in [0.15, 0.2) is 0 Å². The first-order chi connectivity index (χ1) is 9.19. The van der Waals surface area contributed by atoms with E-state index in [4.69, 9.17) is 23.2 Å². The van der Waals surface area contributed by atoms with E-state index < -0.39 is 0 Å². The largest absolute Gasteiger partial charge is 0.122 e. The quantitative estimate of drug-likeness (QED) is 0.459. The van der Waals surface area contributed by atoms with E-state index >= 15 is 0 Å². The highest BCUT2D eigenvalue weighted by atomic mass is 35.5. The summed E-state index contributed by atoms with van der Waals surface area (Å²) in [6, 6.07) is 12.3. The van der Waals surface area contributed by atoms with Gasteiger partial charge in [-0.2, -0.15) is 0 Å². The van der Waals surface area contributed by atoms with Gasteiger partial charge in [-0.05, 0) is 36.4 Å². The van der Waals surface area contributed by atoms with Crippen molar-refractivity contribution in [3.05, 3.63) is 45.1 Å². The Morgan fingerprint density at radius 1 is 0.579 bits per heavy atom. The lowest BCUT2D eigenvalue weighted by Gasteiger charge is -1.93. The molecule has 0 atom stereocenters. The van der Waals surface area contributed by atoms with Gasteiger partial charge in [0.1, 0.15) is 0 Å². The summed E-state index contributed by atoms with van der Waals surface area (Å²) >= 11 is 20.4. The van der Waals surface area contributed by atoms with Crippen molar-refractivity contribution < 1.29 is 0 Å². The molecule has 0 saturated carbocycles. The molecule has 3 aromatic heterocycles. The minimum atomic E-state index is 0.835. The molecule has 0 fully saturated rings. The van der Waals surface area contributed by atoms with Gasteiger partial charge in [0, 0.05) is 0 Å². The van der Waals surface area contributed by atoms with Gasteiger partial charge in [-0.1, -0.05) is 46.7 Å². The number of halogens is 2. The molecule has 3 rings (SSSR count). The van der Waals surface area contributed by atoms with Crippen LogP contribution < -0.4 is 0 Å². The topological polar surface area (TPSA) is 0 Å². The van der Waals surface area contributed by atoms with Crippen molar-refractivity contribution in [3.8, 4) is 0 Å². The average Bonchev–Trinajstić information content (AvgIpc) is 3.05. The fourth-order valence-electron chi connectivity index (χ4n) is 1.32. The van der Waals surface area contributed by atoms with E-state index in [0.29, 0.717) is 0 Å². The van der Waals surface area contributed by atoms with Crippen LogP contribution in [0, 0.1) is 0 Å². The van der Waals surface area contributed by atoms with Crippen LogP contribution in [0.4, 0.5) is 0 Å². The smallest absolute Gasteiger partial charge is 0.0940 e. The molecule has 0 N–H and O–H groups in total. The molecule has 0 amide bonds. The second-order valence-corrected chi connectivity index (χ2v) is 11.1. The predicted molar refractivity (Wildman–Crippen MR) is 91.2 cm³/mol. The fourth-order valence-corrected chi connectivity index (χ4v) is 7.85. The van der Waals surface area contributed by atoms with Crippen LogP contribution >= 0.6 is 80.7 Å². The van der Waals surface area contributed by atoms with Crippen molar-refractivity contribution in [2.45, 2.75) is 16.8 Å². The van der Waals surface area contributed by atoms with Gasteiger partial charge in [0.25, 0.3) is 0 Å². The van der Waals surface area contributed by atoms with Gasteiger partial charge in [0.2, 0.25) is 0 Å². The van der Waals surface area contributed by atoms with Crippen molar-refractivity contribution in [2.24, 2.45) is 0 Å². The monoisotopic (exact) mass is 380 g/mol. The number of thiophene rings is 3. The molecule has 0 spiro atoms. The van der Waals surface area contributed by atoms with E-state index in [1.807, 2.05) is 12.1 Å². The maximum atomic E-state index is 5.93. The van der Waals surface area contributed by atoms with Crippen LogP contribution in [0.2, 0.25) is 8.67 Å². The summed E-state index contributed by atoms with van der Waals surface area (Å²) in [5, 5.41) is 0. The Labute approximate surface area is 141 Å². The summed E-state index contributed by atoms with van der Waals surface area (Å²) in [5.74, 6) is 0. The second kappa shape index (κ2) is 6.43. The first-order valence-electron chi connectivity index (χ1n) is 5.15. The zero-order chi connectivity index (χ0) is 13.2. The molecular weight excluding hydrogens is 375 g/mol. The van der Waals surface area contributed by atoms with Crippen LogP contribution in [0.15, 0.2) is 53.2 Å². The van der Waals surface area contributed by atoms with Crippen molar-refractivity contribution >= 4 is 80.7 Å². The normalized spacial score (nSPS) is 11.1. The molecule has 7 heteroatoms. The first-order valence-corrected chi connectivity index (χ1v) is 9.99. The number of rotatable bonds is 4. The van der Waals surface area contributed by atoms with Crippen LogP contribution in [-0.2, 0) is 0 Å². The molecule has 0 radical (unpaired) electrons. The van der Waals surface area contributed by atoms with Crippen LogP contribution in [0.25, 0.3) is 0 Å². The van der Waals surface area contributed by atoms with Gasteiger partial charge < -0.3 is 0 Å². The molecule has 3 aromatic rings. The van der Waals surface area contributed by atoms with E-state index in [1.165, 1.54) is 16.8 Å². The third kappa shape index (κ3) is 3.94. The van der Waals surface area contributed by atoms with E-state index in [1.54, 1.807) is 57.5 Å². The van der Waals surface area contributed by atoms with Crippen LogP contribution in [0.1, 0.15) is 0 Å². The fraction of sp³-hybridized carbons (Fsp3) is 0. The van der Waals surface area contributed by atoms with E-state index in [9.17, 15) is 0 Å². The summed E-state index contributed by atoms with van der Waals surface area (Å²) < 4.78 is 6.68. The van der Waals surface area contributed by atoms with E-state index in [2.05, 4.69) is 24.3 Å². The highest BCUT2D eigenvalue weighted by Crippen LogP contribution is 2.43. The molecule has 0 aliphatic rings. The lowest BCUT2D eigenvalue weighted by molar-refractivity contribution is 1.64. The minimum Gasteiger partial charge on any atom is -0.122 e. The SMILES string of the molecule is Clc1ccc(Sc2ccc(Sc3ccc(Cl)s3)s2)s1. The molecule has 98 valence electrons. The summed E-state index contributed by atoms with van der Waals surface area (Å²) in [5.41, 5.74) is 0. The zero-order valence-corrected chi connectivity index (χ0v) is 14.9. The van der Waals surface area contributed by atoms with Gasteiger partial charge in [0.05, 0.1) is 25.5 Å². The molecule has 0 saturated heterocycles. The predicted octanol–water partition coefficient (Wildman–Crippen LogP) is 7.48. The summed E-state index contributed by atoms with van der Waals surface area (Å²) in [7, 11) is 0. The minimum absolute atomic E-state index is 0.835. The lowest BCUT2D eigenvalue weighted by Crippen LogP contribution is -1.56. The lowest BCUT2D eigenvalue weighted by atomic mass is 10.7. The van der Waals surface area contributed by atoms with E-state index in [0.717, 1.165) is 8.67 Å². The Bertz CT molecular complexity index is 625. The Kier molecular flexibility index (Phi) is 4.85. The highest BCUT2D eigenvalue weighted by molar-refractivity contribution is 8.05. The van der Waals surface area contributed by atoms with Crippen LogP contribution in [0.5, 0.6) is 0 Å². The Hall–Kier alpha value is 0.380. The average molecular weight is 381 g/mol. The van der Waals surface area contributed by atoms with Gasteiger partial charge in [-0.3, -0.25) is 0 Å².